The van der Waals surface area contributed by atoms with Crippen LogP contribution in [0.2, 0.25) is 0 Å². The van der Waals surface area contributed by atoms with E-state index in [0.717, 1.165) is 44.8 Å². The summed E-state index contributed by atoms with van der Waals surface area (Å²) in [6.07, 6.45) is 2.10. The maximum atomic E-state index is 12.4. The third-order valence-corrected chi connectivity index (χ3v) is 8.36. The first-order valence-corrected chi connectivity index (χ1v) is 13.5. The van der Waals surface area contributed by atoms with Crippen molar-refractivity contribution in [3.63, 3.8) is 0 Å². The van der Waals surface area contributed by atoms with Crippen LogP contribution in [0.4, 0.5) is 5.82 Å². The Bertz CT molecular complexity index is 852. The number of piperidine rings is 1. The van der Waals surface area contributed by atoms with E-state index in [2.05, 4.69) is 44.6 Å². The second-order valence-corrected chi connectivity index (χ2v) is 12.7. The van der Waals surface area contributed by atoms with E-state index in [4.69, 9.17) is 14.6 Å². The van der Waals surface area contributed by atoms with Crippen molar-refractivity contribution in [1.29, 1.82) is 0 Å². The second-order valence-electron chi connectivity index (χ2n) is 10.1. The molecule has 2 aliphatic rings. The number of hydrogen-bond donors (Lipinski definition) is 1. The molecule has 0 bridgehead atoms. The Hall–Kier alpha value is -1.10. The fourth-order valence-electron chi connectivity index (χ4n) is 4.30. The molecule has 0 amide bonds. The molecule has 2 unspecified atom stereocenters. The Morgan fingerprint density at radius 2 is 1.88 bits per heavy atom. The molecule has 2 atom stereocenters. The van der Waals surface area contributed by atoms with Gasteiger partial charge in [0.1, 0.15) is 4.60 Å². The maximum Gasteiger partial charge on any atom is 0.360 e. The van der Waals surface area contributed by atoms with Gasteiger partial charge in [-0.25, -0.2) is 19.0 Å². The lowest BCUT2D eigenvalue weighted by molar-refractivity contribution is 0.0519. The van der Waals surface area contributed by atoms with E-state index in [0.29, 0.717) is 34.6 Å². The van der Waals surface area contributed by atoms with E-state index in [1.54, 1.807) is 6.92 Å². The lowest BCUT2D eigenvalue weighted by Crippen LogP contribution is -2.46. The molecule has 1 aromatic heterocycles. The number of aryl methyl sites for hydroxylation is 1. The molecule has 1 aromatic rings. The Kier molecular flexibility index (Phi) is 11.6. The molecule has 3 rings (SSSR count). The number of carbonyl (C=O) groups excluding carboxylic acids is 1. The number of carbonyl (C=O) groups is 1. The molecule has 0 radical (unpaired) electrons. The van der Waals surface area contributed by atoms with Crippen molar-refractivity contribution < 1.29 is 18.5 Å². The second kappa shape index (κ2) is 12.7. The van der Waals surface area contributed by atoms with Gasteiger partial charge in [-0.3, -0.25) is 5.14 Å². The highest BCUT2D eigenvalue weighted by Crippen LogP contribution is 2.47. The summed E-state index contributed by atoms with van der Waals surface area (Å²) in [4.78, 5) is 23.6. The minimum atomic E-state index is -1.18. The monoisotopic (exact) mass is 562 g/mol. The molecule has 0 saturated carbocycles. The van der Waals surface area contributed by atoms with E-state index >= 15 is 0 Å². The predicted octanol–water partition coefficient (Wildman–Crippen LogP) is 4.66. The zero-order chi connectivity index (χ0) is 25.0. The smallest absolute Gasteiger partial charge is 0.360 e. The molecule has 196 valence electrons. The molecule has 2 N–H and O–H groups in total. The number of halogens is 1. The summed E-state index contributed by atoms with van der Waals surface area (Å²) in [5, 5.41) is 5.04. The van der Waals surface area contributed by atoms with Crippen molar-refractivity contribution in [2.24, 2.45) is 22.4 Å². The van der Waals surface area contributed by atoms with Crippen LogP contribution in [0, 0.1) is 24.2 Å². The van der Waals surface area contributed by atoms with Crippen LogP contribution in [0.5, 0.6) is 0 Å². The summed E-state index contributed by atoms with van der Waals surface area (Å²) in [5.41, 5.74) is 1.33. The van der Waals surface area contributed by atoms with Crippen molar-refractivity contribution in [2.45, 2.75) is 73.5 Å². The van der Waals surface area contributed by atoms with Crippen molar-refractivity contribution in [3.05, 3.63) is 16.0 Å². The topological polar surface area (TPSA) is 108 Å². The standard InChI is InChI=1S/C19H28BrN3O3.C4H11NOS.CH4/c1-5-26-18(24)15-17(21-13(4)16(20)22-15)23-8-6-19(7-9-23)11-25-10-14(19)12(2)3;1-4(2,3)7(5)6;/h12,14H,5-11H2,1-4H3;5H2,1-3H3;1H4. The molecule has 2 fully saturated rings. The van der Waals surface area contributed by atoms with Gasteiger partial charge in [0.2, 0.25) is 0 Å². The zero-order valence-electron chi connectivity index (χ0n) is 20.9. The molecule has 0 aromatic carbocycles. The fraction of sp³-hybridized carbons (Fsp3) is 0.792. The molecule has 0 aliphatic carbocycles. The van der Waals surface area contributed by atoms with Gasteiger partial charge in [-0.1, -0.05) is 21.3 Å². The minimum Gasteiger partial charge on any atom is -0.461 e. The summed E-state index contributed by atoms with van der Waals surface area (Å²) in [6, 6.07) is 0. The summed E-state index contributed by atoms with van der Waals surface area (Å²) in [5.74, 6) is 1.44. The van der Waals surface area contributed by atoms with Crippen molar-refractivity contribution in [3.8, 4) is 0 Å². The quantitative estimate of drug-likeness (QED) is 0.531. The average Bonchev–Trinajstić information content (AvgIpc) is 3.13. The van der Waals surface area contributed by atoms with Gasteiger partial charge in [-0.05, 0) is 75.2 Å². The number of hydrogen-bond acceptors (Lipinski definition) is 7. The number of nitrogens with two attached hydrogens (primary N) is 1. The summed E-state index contributed by atoms with van der Waals surface area (Å²) < 4.78 is 21.7. The van der Waals surface area contributed by atoms with Gasteiger partial charge in [-0.2, -0.15) is 0 Å². The molecule has 2 aliphatic heterocycles. The van der Waals surface area contributed by atoms with Crippen molar-refractivity contribution in [1.82, 2.24) is 9.97 Å². The molecule has 1 spiro atoms. The van der Waals surface area contributed by atoms with Gasteiger partial charge < -0.3 is 14.4 Å². The van der Waals surface area contributed by atoms with Crippen LogP contribution in [0.15, 0.2) is 4.60 Å². The van der Waals surface area contributed by atoms with Gasteiger partial charge >= 0.3 is 5.97 Å². The van der Waals surface area contributed by atoms with E-state index in [-0.39, 0.29) is 17.6 Å². The summed E-state index contributed by atoms with van der Waals surface area (Å²) in [6.45, 7) is 17.5. The lowest BCUT2D eigenvalue weighted by Gasteiger charge is -2.43. The van der Waals surface area contributed by atoms with E-state index < -0.39 is 17.0 Å². The highest BCUT2D eigenvalue weighted by molar-refractivity contribution is 9.10. The number of esters is 1. The number of rotatable bonds is 4. The third kappa shape index (κ3) is 7.45. The zero-order valence-corrected chi connectivity index (χ0v) is 23.3. The SMILES string of the molecule is C.CC(C)(C)S(N)=O.CCOC(=O)c1nc(Br)c(C)nc1N1CCC2(CC1)COCC2C(C)C. The Morgan fingerprint density at radius 1 is 1.32 bits per heavy atom. The van der Waals surface area contributed by atoms with Gasteiger partial charge in [0.25, 0.3) is 0 Å². The molecular weight excluding hydrogens is 520 g/mol. The first-order chi connectivity index (χ1) is 15.3. The number of aromatic nitrogens is 2. The van der Waals surface area contributed by atoms with Gasteiger partial charge in [0.05, 0.1) is 41.2 Å². The minimum absolute atomic E-state index is 0. The molecule has 3 heterocycles. The summed E-state index contributed by atoms with van der Waals surface area (Å²) in [7, 11) is -1.18. The van der Waals surface area contributed by atoms with Crippen molar-refractivity contribution in [2.75, 3.05) is 37.8 Å². The largest absolute Gasteiger partial charge is 0.461 e. The summed E-state index contributed by atoms with van der Waals surface area (Å²) >= 11 is 3.38. The van der Waals surface area contributed by atoms with Crippen LogP contribution in [0.1, 0.15) is 78.0 Å². The Balaban J connectivity index is 0.000000633. The number of nitrogens with zero attached hydrogens (tertiary/aromatic N) is 3. The Labute approximate surface area is 216 Å². The first-order valence-electron chi connectivity index (χ1n) is 11.5. The van der Waals surface area contributed by atoms with Crippen LogP contribution in [0.3, 0.4) is 0 Å². The number of ether oxygens (including phenoxy) is 2. The van der Waals surface area contributed by atoms with Crippen LogP contribution in [-0.2, 0) is 20.5 Å². The van der Waals surface area contributed by atoms with Crippen LogP contribution >= 0.6 is 15.9 Å². The van der Waals surface area contributed by atoms with Gasteiger partial charge in [-0.15, -0.1) is 0 Å². The van der Waals surface area contributed by atoms with Gasteiger partial charge in [0, 0.05) is 18.5 Å². The first kappa shape index (κ1) is 30.9. The normalized spacial score (nSPS) is 20.4. The molecule has 2 saturated heterocycles. The third-order valence-electron chi connectivity index (χ3n) is 6.40. The molecule has 34 heavy (non-hydrogen) atoms. The van der Waals surface area contributed by atoms with Gasteiger partial charge in [0.15, 0.2) is 11.5 Å². The maximum absolute atomic E-state index is 12.4. The average molecular weight is 564 g/mol. The number of anilines is 1. The van der Waals surface area contributed by atoms with Crippen LogP contribution in [0.25, 0.3) is 0 Å². The highest BCUT2D eigenvalue weighted by atomic mass is 79.9. The molecule has 8 nitrogen and oxygen atoms in total. The molecular formula is C24H43BrN4O4S. The van der Waals surface area contributed by atoms with Crippen LogP contribution < -0.4 is 10.0 Å². The highest BCUT2D eigenvalue weighted by Gasteiger charge is 2.47. The van der Waals surface area contributed by atoms with Crippen molar-refractivity contribution >= 4 is 38.7 Å². The fourth-order valence-corrected chi connectivity index (χ4v) is 4.56. The van der Waals surface area contributed by atoms with E-state index in [9.17, 15) is 9.00 Å². The predicted molar refractivity (Wildman–Crippen MR) is 142 cm³/mol. The Morgan fingerprint density at radius 3 is 2.35 bits per heavy atom. The molecule has 10 heteroatoms. The lowest BCUT2D eigenvalue weighted by atomic mass is 9.67. The van der Waals surface area contributed by atoms with Crippen LogP contribution in [-0.4, -0.2) is 57.8 Å². The van der Waals surface area contributed by atoms with E-state index in [1.165, 1.54) is 0 Å². The van der Waals surface area contributed by atoms with E-state index in [1.807, 2.05) is 27.7 Å².